The van der Waals surface area contributed by atoms with Gasteiger partial charge in [0, 0.05) is 45.0 Å². The molecular formula is C25H27N5O3. The number of benzene rings is 1. The molecular weight excluding hydrogens is 418 g/mol. The molecule has 0 spiro atoms. The largest absolute Gasteiger partial charge is 0.475 e. The summed E-state index contributed by atoms with van der Waals surface area (Å²) in [5, 5.41) is 18.5. The van der Waals surface area contributed by atoms with Crippen molar-refractivity contribution in [1.29, 1.82) is 0 Å². The highest BCUT2D eigenvalue weighted by Gasteiger charge is 2.28. The van der Waals surface area contributed by atoms with Gasteiger partial charge in [-0.2, -0.15) is 10.2 Å². The van der Waals surface area contributed by atoms with Crippen LogP contribution in [0.5, 0.6) is 5.88 Å². The van der Waals surface area contributed by atoms with Crippen LogP contribution >= 0.6 is 0 Å². The Morgan fingerprint density at radius 2 is 1.91 bits per heavy atom. The Balaban J connectivity index is 1.24. The van der Waals surface area contributed by atoms with Crippen molar-refractivity contribution in [3.8, 4) is 5.88 Å². The van der Waals surface area contributed by atoms with Crippen LogP contribution in [-0.4, -0.2) is 74.9 Å². The van der Waals surface area contributed by atoms with Gasteiger partial charge in [0.2, 0.25) is 5.88 Å². The number of hydrogen-bond donors (Lipinski definition) is 1. The maximum atomic E-state index is 13.3. The lowest BCUT2D eigenvalue weighted by atomic mass is 10.00. The molecule has 1 amide bonds. The van der Waals surface area contributed by atoms with Gasteiger partial charge in [-0.3, -0.25) is 9.69 Å². The molecule has 1 N–H and O–H groups in total. The monoisotopic (exact) mass is 445 g/mol. The number of nitrogens with zero attached hydrogens (tertiary/aromatic N) is 5. The Morgan fingerprint density at radius 3 is 2.76 bits per heavy atom. The summed E-state index contributed by atoms with van der Waals surface area (Å²) in [6.45, 7) is 3.29. The standard InChI is InChI=1S/C25H27N5O3/c31-22(16-29-8-6-20-3-1-2-4-21(20)15-29)17-30-9-10-33-24-23(25(30)32)12-19(13-26-24)11-18-5-7-27-28-14-18/h1-5,7,12-14,22,31H,6,8-11,15-17H2. The molecule has 4 heterocycles. The molecule has 0 aliphatic carbocycles. The Bertz CT molecular complexity index is 1120. The molecule has 170 valence electrons. The zero-order chi connectivity index (χ0) is 22.6. The highest BCUT2D eigenvalue weighted by atomic mass is 16.5. The van der Waals surface area contributed by atoms with Gasteiger partial charge in [0.05, 0.1) is 18.8 Å². The SMILES string of the molecule is O=C1c2cc(Cc3ccnnc3)cnc2OCCN1CC(O)CN1CCc2ccccc2C1. The average molecular weight is 446 g/mol. The molecule has 0 bridgehead atoms. The summed E-state index contributed by atoms with van der Waals surface area (Å²) < 4.78 is 5.74. The fourth-order valence-electron chi connectivity index (χ4n) is 4.54. The van der Waals surface area contributed by atoms with Gasteiger partial charge in [0.15, 0.2) is 0 Å². The van der Waals surface area contributed by atoms with E-state index >= 15 is 0 Å². The first-order valence-corrected chi connectivity index (χ1v) is 11.3. The molecule has 1 atom stereocenters. The van der Waals surface area contributed by atoms with Crippen LogP contribution in [0.15, 0.2) is 55.0 Å². The van der Waals surface area contributed by atoms with Crippen molar-refractivity contribution < 1.29 is 14.6 Å². The highest BCUT2D eigenvalue weighted by Crippen LogP contribution is 2.23. The lowest BCUT2D eigenvalue weighted by molar-refractivity contribution is 0.0501. The first kappa shape index (κ1) is 21.5. The number of ether oxygens (including phenoxy) is 1. The van der Waals surface area contributed by atoms with Crippen molar-refractivity contribution >= 4 is 5.91 Å². The second-order valence-electron chi connectivity index (χ2n) is 8.63. The quantitative estimate of drug-likeness (QED) is 0.618. The third-order valence-corrected chi connectivity index (χ3v) is 6.19. The third kappa shape index (κ3) is 5.02. The number of aromatic nitrogens is 3. The van der Waals surface area contributed by atoms with Gasteiger partial charge < -0.3 is 14.7 Å². The highest BCUT2D eigenvalue weighted by molar-refractivity contribution is 5.96. The molecule has 0 saturated heterocycles. The Hall–Kier alpha value is -3.36. The number of fused-ring (bicyclic) bond motifs is 2. The number of aliphatic hydroxyl groups is 1. The summed E-state index contributed by atoms with van der Waals surface area (Å²) in [5.41, 5.74) is 5.01. The first-order valence-electron chi connectivity index (χ1n) is 11.3. The molecule has 0 radical (unpaired) electrons. The summed E-state index contributed by atoms with van der Waals surface area (Å²) in [7, 11) is 0. The van der Waals surface area contributed by atoms with Crippen molar-refractivity contribution in [2.45, 2.75) is 25.5 Å². The van der Waals surface area contributed by atoms with Crippen LogP contribution in [0.2, 0.25) is 0 Å². The van der Waals surface area contributed by atoms with Gasteiger partial charge in [0.1, 0.15) is 12.2 Å². The van der Waals surface area contributed by atoms with Crippen LogP contribution in [0, 0.1) is 0 Å². The minimum Gasteiger partial charge on any atom is -0.475 e. The lowest BCUT2D eigenvalue weighted by Gasteiger charge is -2.32. The summed E-state index contributed by atoms with van der Waals surface area (Å²) in [6.07, 6.45) is 6.01. The minimum absolute atomic E-state index is 0.159. The van der Waals surface area contributed by atoms with Crippen molar-refractivity contribution in [3.05, 3.63) is 82.8 Å². The molecule has 3 aromatic rings. The molecule has 2 aliphatic heterocycles. The van der Waals surface area contributed by atoms with E-state index in [0.717, 1.165) is 30.6 Å². The number of β-amino-alcohol motifs (C(OH)–C–C–N with tert-alkyl or cyclic N) is 1. The van der Waals surface area contributed by atoms with Gasteiger partial charge in [-0.15, -0.1) is 0 Å². The number of pyridine rings is 1. The predicted octanol–water partition coefficient (Wildman–Crippen LogP) is 1.72. The predicted molar refractivity (Wildman–Crippen MR) is 122 cm³/mol. The second-order valence-corrected chi connectivity index (χ2v) is 8.63. The Kier molecular flexibility index (Phi) is 6.28. The van der Waals surface area contributed by atoms with E-state index < -0.39 is 6.10 Å². The zero-order valence-corrected chi connectivity index (χ0v) is 18.4. The number of hydrogen-bond acceptors (Lipinski definition) is 7. The lowest BCUT2D eigenvalue weighted by Crippen LogP contribution is -2.44. The number of aliphatic hydroxyl groups excluding tert-OH is 1. The van der Waals surface area contributed by atoms with E-state index in [1.165, 1.54) is 11.1 Å². The zero-order valence-electron chi connectivity index (χ0n) is 18.4. The molecule has 0 fully saturated rings. The topological polar surface area (TPSA) is 91.7 Å². The van der Waals surface area contributed by atoms with Gasteiger partial charge in [-0.1, -0.05) is 24.3 Å². The summed E-state index contributed by atoms with van der Waals surface area (Å²) in [4.78, 5) is 21.6. The number of carbonyl (C=O) groups is 1. The smallest absolute Gasteiger partial charge is 0.259 e. The molecule has 8 heteroatoms. The molecule has 33 heavy (non-hydrogen) atoms. The van der Waals surface area contributed by atoms with Gasteiger partial charge in [-0.25, -0.2) is 4.98 Å². The summed E-state index contributed by atoms with van der Waals surface area (Å²) in [5.74, 6) is 0.189. The summed E-state index contributed by atoms with van der Waals surface area (Å²) >= 11 is 0. The number of rotatable bonds is 6. The normalized spacial score (nSPS) is 17.0. The number of carbonyl (C=O) groups excluding carboxylic acids is 1. The van der Waals surface area contributed by atoms with Crippen molar-refractivity contribution in [2.24, 2.45) is 0 Å². The van der Waals surface area contributed by atoms with E-state index in [-0.39, 0.29) is 12.5 Å². The van der Waals surface area contributed by atoms with Crippen LogP contribution in [0.3, 0.4) is 0 Å². The van der Waals surface area contributed by atoms with Crippen LogP contribution in [0.1, 0.15) is 32.6 Å². The van der Waals surface area contributed by atoms with E-state index in [1.54, 1.807) is 23.5 Å². The molecule has 1 aromatic carbocycles. The molecule has 8 nitrogen and oxygen atoms in total. The molecule has 1 unspecified atom stereocenters. The Morgan fingerprint density at radius 1 is 1.03 bits per heavy atom. The van der Waals surface area contributed by atoms with Crippen LogP contribution in [-0.2, 0) is 19.4 Å². The molecule has 0 saturated carbocycles. The Labute approximate surface area is 192 Å². The van der Waals surface area contributed by atoms with Crippen molar-refractivity contribution in [3.63, 3.8) is 0 Å². The van der Waals surface area contributed by atoms with E-state index in [2.05, 4.69) is 44.3 Å². The van der Waals surface area contributed by atoms with Crippen LogP contribution in [0.25, 0.3) is 0 Å². The van der Waals surface area contributed by atoms with Crippen LogP contribution < -0.4 is 4.74 Å². The first-order chi connectivity index (χ1) is 16.2. The maximum absolute atomic E-state index is 13.3. The van der Waals surface area contributed by atoms with E-state index in [0.29, 0.717) is 37.6 Å². The van der Waals surface area contributed by atoms with E-state index in [1.807, 2.05) is 12.1 Å². The van der Waals surface area contributed by atoms with E-state index in [4.69, 9.17) is 4.74 Å². The minimum atomic E-state index is -0.639. The van der Waals surface area contributed by atoms with E-state index in [9.17, 15) is 9.90 Å². The average Bonchev–Trinajstić information content (AvgIpc) is 2.98. The number of amides is 1. The fourth-order valence-corrected chi connectivity index (χ4v) is 4.54. The van der Waals surface area contributed by atoms with Crippen molar-refractivity contribution in [1.82, 2.24) is 25.0 Å². The molecule has 2 aliphatic rings. The van der Waals surface area contributed by atoms with Gasteiger partial charge >= 0.3 is 0 Å². The molecule has 5 rings (SSSR count). The van der Waals surface area contributed by atoms with Crippen molar-refractivity contribution in [2.75, 3.05) is 32.8 Å². The summed E-state index contributed by atoms with van der Waals surface area (Å²) in [6, 6.07) is 12.2. The fraction of sp³-hybridized carbons (Fsp3) is 0.360. The van der Waals surface area contributed by atoms with Crippen LogP contribution in [0.4, 0.5) is 0 Å². The van der Waals surface area contributed by atoms with Gasteiger partial charge in [0.25, 0.3) is 5.91 Å². The van der Waals surface area contributed by atoms with Gasteiger partial charge in [-0.05, 0) is 40.8 Å². The maximum Gasteiger partial charge on any atom is 0.259 e. The second kappa shape index (κ2) is 9.64. The molecule has 2 aromatic heterocycles. The third-order valence-electron chi connectivity index (χ3n) is 6.19.